The van der Waals surface area contributed by atoms with E-state index in [1.807, 2.05) is 18.2 Å². The molecule has 112 valence electrons. The minimum Gasteiger partial charge on any atom is -0.468 e. The first-order chi connectivity index (χ1) is 9.69. The first kappa shape index (κ1) is 17.2. The lowest BCUT2D eigenvalue weighted by atomic mass is 10.0. The molecule has 1 aromatic rings. The van der Waals surface area contributed by atoms with Gasteiger partial charge in [0.2, 0.25) is 0 Å². The number of nitrogens with one attached hydrogen (secondary N) is 1. The Morgan fingerprint density at radius 2 is 2.25 bits per heavy atom. The molecule has 2 rings (SSSR count). The van der Waals surface area contributed by atoms with Crippen LogP contribution in [0.25, 0.3) is 0 Å². The van der Waals surface area contributed by atoms with Gasteiger partial charge in [-0.25, -0.2) is 0 Å². The Bertz CT molecular complexity index is 407. The predicted molar refractivity (Wildman–Crippen MR) is 80.6 cm³/mol. The molecule has 0 radical (unpaired) electrons. The van der Waals surface area contributed by atoms with E-state index in [0.29, 0.717) is 29.0 Å². The summed E-state index contributed by atoms with van der Waals surface area (Å²) in [5.41, 5.74) is 1.18. The molecule has 1 heterocycles. The first-order valence-corrected chi connectivity index (χ1v) is 7.23. The second-order valence-corrected chi connectivity index (χ2v) is 5.02. The lowest BCUT2D eigenvalue weighted by molar-refractivity contribution is -0.128. The van der Waals surface area contributed by atoms with Crippen molar-refractivity contribution in [3.05, 3.63) is 33.8 Å². The van der Waals surface area contributed by atoms with Gasteiger partial charge in [0.05, 0.1) is 29.9 Å². The molecule has 0 spiro atoms. The maximum Gasteiger partial charge on any atom is 0.293 e. The summed E-state index contributed by atoms with van der Waals surface area (Å²) in [5, 5.41) is 4.54. The Morgan fingerprint density at radius 1 is 1.45 bits per heavy atom. The van der Waals surface area contributed by atoms with Crippen LogP contribution < -0.4 is 5.32 Å². The number of hydrogen-bond donors (Lipinski definition) is 1. The van der Waals surface area contributed by atoms with Gasteiger partial charge in [-0.2, -0.15) is 0 Å². The maximum atomic E-state index is 9.18. The van der Waals surface area contributed by atoms with Gasteiger partial charge in [-0.3, -0.25) is 4.79 Å². The van der Waals surface area contributed by atoms with Crippen LogP contribution in [-0.2, 0) is 14.3 Å². The predicted octanol–water partition coefficient (Wildman–Crippen LogP) is 2.88. The maximum absolute atomic E-state index is 9.18. The van der Waals surface area contributed by atoms with Crippen molar-refractivity contribution in [2.45, 2.75) is 12.8 Å². The first-order valence-electron chi connectivity index (χ1n) is 6.47. The topological polar surface area (TPSA) is 47.6 Å². The van der Waals surface area contributed by atoms with Gasteiger partial charge in [0.1, 0.15) is 0 Å². The van der Waals surface area contributed by atoms with Crippen molar-refractivity contribution < 1.29 is 14.3 Å². The lowest BCUT2D eigenvalue weighted by Crippen LogP contribution is -2.21. The van der Waals surface area contributed by atoms with E-state index >= 15 is 0 Å². The van der Waals surface area contributed by atoms with Gasteiger partial charge in [0.25, 0.3) is 6.47 Å². The molecule has 0 amide bonds. The van der Waals surface area contributed by atoms with E-state index in [9.17, 15) is 4.79 Å². The van der Waals surface area contributed by atoms with E-state index < -0.39 is 0 Å². The zero-order valence-electron chi connectivity index (χ0n) is 11.4. The van der Waals surface area contributed by atoms with Gasteiger partial charge >= 0.3 is 0 Å². The number of halogens is 2. The van der Waals surface area contributed by atoms with Crippen LogP contribution in [0.2, 0.25) is 10.0 Å². The van der Waals surface area contributed by atoms with Crippen molar-refractivity contribution in [1.82, 2.24) is 5.32 Å². The zero-order chi connectivity index (χ0) is 14.8. The van der Waals surface area contributed by atoms with Crippen LogP contribution in [0.15, 0.2) is 18.2 Å². The fourth-order valence-electron chi connectivity index (χ4n) is 1.75. The third-order valence-corrected chi connectivity index (χ3v) is 3.52. The lowest BCUT2D eigenvalue weighted by Gasteiger charge is -2.14. The second-order valence-electron chi connectivity index (χ2n) is 4.20. The largest absolute Gasteiger partial charge is 0.468 e. The highest BCUT2D eigenvalue weighted by atomic mass is 35.5. The molecule has 4 nitrogen and oxygen atoms in total. The van der Waals surface area contributed by atoms with Crippen LogP contribution in [0.3, 0.4) is 0 Å². The van der Waals surface area contributed by atoms with Crippen molar-refractivity contribution in [2.24, 2.45) is 0 Å². The number of rotatable bonds is 3. The highest BCUT2D eigenvalue weighted by Crippen LogP contribution is 2.26. The van der Waals surface area contributed by atoms with Gasteiger partial charge in [-0.05, 0) is 24.6 Å². The zero-order valence-corrected chi connectivity index (χ0v) is 12.9. The molecule has 0 saturated carbocycles. The number of carbonyl (C=O) groups is 1. The quantitative estimate of drug-likeness (QED) is 0.870. The monoisotopic (exact) mass is 319 g/mol. The van der Waals surface area contributed by atoms with E-state index in [2.05, 4.69) is 10.1 Å². The third kappa shape index (κ3) is 6.09. The van der Waals surface area contributed by atoms with Gasteiger partial charge in [0.15, 0.2) is 0 Å². The molecular weight excluding hydrogens is 301 g/mol. The van der Waals surface area contributed by atoms with Crippen molar-refractivity contribution in [2.75, 3.05) is 32.9 Å². The van der Waals surface area contributed by atoms with Crippen LogP contribution >= 0.6 is 23.2 Å². The van der Waals surface area contributed by atoms with Crippen LogP contribution in [-0.4, -0.2) is 39.4 Å². The van der Waals surface area contributed by atoms with E-state index in [1.54, 1.807) is 6.92 Å². The molecule has 1 aliphatic heterocycles. The van der Waals surface area contributed by atoms with Crippen LogP contribution in [0.5, 0.6) is 0 Å². The molecule has 0 aliphatic carbocycles. The van der Waals surface area contributed by atoms with Gasteiger partial charge in [0, 0.05) is 19.0 Å². The molecule has 1 atom stereocenters. The summed E-state index contributed by atoms with van der Waals surface area (Å²) in [6.45, 7) is 6.02. The van der Waals surface area contributed by atoms with Crippen LogP contribution in [0.4, 0.5) is 0 Å². The normalized spacial score (nSPS) is 18.4. The van der Waals surface area contributed by atoms with E-state index in [-0.39, 0.29) is 0 Å². The average molecular weight is 320 g/mol. The Morgan fingerprint density at radius 3 is 2.85 bits per heavy atom. The minimum atomic E-state index is 0.363. The summed E-state index contributed by atoms with van der Waals surface area (Å²) in [6, 6.07) is 5.77. The molecule has 1 fully saturated rings. The fourth-order valence-corrected chi connectivity index (χ4v) is 2.06. The minimum absolute atomic E-state index is 0.363. The van der Waals surface area contributed by atoms with Crippen LogP contribution in [0, 0.1) is 0 Å². The molecule has 1 N–H and O–H groups in total. The highest BCUT2D eigenvalue weighted by molar-refractivity contribution is 6.42. The van der Waals surface area contributed by atoms with Crippen LogP contribution in [0.1, 0.15) is 18.4 Å². The van der Waals surface area contributed by atoms with Crippen molar-refractivity contribution in [1.29, 1.82) is 0 Å². The molecule has 1 unspecified atom stereocenters. The molecule has 6 heteroatoms. The molecule has 20 heavy (non-hydrogen) atoms. The van der Waals surface area contributed by atoms with Crippen molar-refractivity contribution >= 4 is 29.7 Å². The molecule has 1 aliphatic rings. The molecular formula is C14H19Cl2NO3. The molecule has 0 bridgehead atoms. The molecule has 1 aromatic carbocycles. The van der Waals surface area contributed by atoms with E-state index in [0.717, 1.165) is 26.3 Å². The Hall–Kier alpha value is -0.810. The van der Waals surface area contributed by atoms with E-state index in [4.69, 9.17) is 27.9 Å². The summed E-state index contributed by atoms with van der Waals surface area (Å²) in [6.07, 6.45) is 0. The van der Waals surface area contributed by atoms with Crippen molar-refractivity contribution in [3.8, 4) is 0 Å². The molecule has 0 aromatic heterocycles. The summed E-state index contributed by atoms with van der Waals surface area (Å²) in [4.78, 5) is 9.18. The third-order valence-electron chi connectivity index (χ3n) is 2.78. The summed E-state index contributed by atoms with van der Waals surface area (Å²) >= 11 is 11.9. The van der Waals surface area contributed by atoms with E-state index in [1.165, 1.54) is 5.56 Å². The van der Waals surface area contributed by atoms with Gasteiger partial charge in [-0.1, -0.05) is 29.3 Å². The standard InChI is InChI=1S/C11H13Cl2NO.C3H6O2/c12-10-2-1-8(5-11(10)13)9-6-14-3-4-15-7-9;1-2-5-3-4/h1-2,5,9,14H,3-4,6-7H2;3H,2H2,1H3. The summed E-state index contributed by atoms with van der Waals surface area (Å²) in [5.74, 6) is 0.363. The average Bonchev–Trinajstić information content (AvgIpc) is 2.72. The SMILES string of the molecule is CCOC=O.Clc1ccc(C2CNCCOC2)cc1Cl. The Kier molecular flexibility index (Phi) is 8.62. The Balaban J connectivity index is 0.000000347. The van der Waals surface area contributed by atoms with Gasteiger partial charge in [-0.15, -0.1) is 0 Å². The number of hydrogen-bond acceptors (Lipinski definition) is 4. The van der Waals surface area contributed by atoms with Gasteiger partial charge < -0.3 is 14.8 Å². The smallest absolute Gasteiger partial charge is 0.293 e. The number of benzene rings is 1. The Labute approximate surface area is 129 Å². The number of ether oxygens (including phenoxy) is 2. The summed E-state index contributed by atoms with van der Waals surface area (Å²) in [7, 11) is 0. The summed E-state index contributed by atoms with van der Waals surface area (Å²) < 4.78 is 9.65. The number of carbonyl (C=O) groups excluding carboxylic acids is 1. The second kappa shape index (κ2) is 10.00. The highest BCUT2D eigenvalue weighted by Gasteiger charge is 2.15. The molecule has 1 saturated heterocycles. The van der Waals surface area contributed by atoms with Crippen molar-refractivity contribution in [3.63, 3.8) is 0 Å². The fraction of sp³-hybridized carbons (Fsp3) is 0.500.